The summed E-state index contributed by atoms with van der Waals surface area (Å²) < 4.78 is 16.8. The summed E-state index contributed by atoms with van der Waals surface area (Å²) in [6.45, 7) is 17.7. The van der Waals surface area contributed by atoms with Crippen molar-refractivity contribution in [1.82, 2.24) is 20.3 Å². The third-order valence-electron chi connectivity index (χ3n) is 6.97. The van der Waals surface area contributed by atoms with Crippen LogP contribution in [0.2, 0.25) is 0 Å². The van der Waals surface area contributed by atoms with Gasteiger partial charge in [0.05, 0.1) is 55.6 Å². The van der Waals surface area contributed by atoms with Gasteiger partial charge in [0.25, 0.3) is 0 Å². The Labute approximate surface area is 249 Å². The first kappa shape index (κ1) is 31.0. The van der Waals surface area contributed by atoms with Crippen molar-refractivity contribution in [2.24, 2.45) is 0 Å². The van der Waals surface area contributed by atoms with E-state index in [1.165, 1.54) is 0 Å². The van der Waals surface area contributed by atoms with Crippen LogP contribution in [-0.4, -0.2) is 74.1 Å². The molecule has 1 saturated heterocycles. The van der Waals surface area contributed by atoms with Gasteiger partial charge >= 0.3 is 0 Å². The third kappa shape index (κ3) is 8.30. The van der Waals surface area contributed by atoms with Crippen molar-refractivity contribution in [2.45, 2.75) is 40.2 Å². The highest BCUT2D eigenvalue weighted by Crippen LogP contribution is 2.28. The highest BCUT2D eigenvalue weighted by atomic mass is 16.5. The van der Waals surface area contributed by atoms with Crippen LogP contribution in [0, 0.1) is 0 Å². The second-order valence-electron chi connectivity index (χ2n) is 10.3. The number of nitrogens with one attached hydrogen (secondary N) is 1. The van der Waals surface area contributed by atoms with E-state index in [0.717, 1.165) is 84.5 Å². The van der Waals surface area contributed by atoms with Gasteiger partial charge in [-0.05, 0) is 43.3 Å². The molecule has 9 heteroatoms. The summed E-state index contributed by atoms with van der Waals surface area (Å²) in [5.74, 6) is 2.41. The summed E-state index contributed by atoms with van der Waals surface area (Å²) in [5.41, 5.74) is 5.24. The van der Waals surface area contributed by atoms with Crippen LogP contribution >= 0.6 is 0 Å². The van der Waals surface area contributed by atoms with Gasteiger partial charge in [0.15, 0.2) is 0 Å². The Morgan fingerprint density at radius 3 is 2.57 bits per heavy atom. The number of fused-ring (bicyclic) bond motifs is 1. The third-order valence-corrected chi connectivity index (χ3v) is 6.97. The molecule has 1 fully saturated rings. The van der Waals surface area contributed by atoms with Gasteiger partial charge in [0.1, 0.15) is 11.6 Å². The molecule has 0 radical (unpaired) electrons. The fourth-order valence-corrected chi connectivity index (χ4v) is 4.71. The maximum absolute atomic E-state index is 5.92. The van der Waals surface area contributed by atoms with Crippen LogP contribution in [0.3, 0.4) is 0 Å². The molecule has 2 aromatic heterocycles. The Balaban J connectivity index is 1.70. The Kier molecular flexibility index (Phi) is 11.3. The molecule has 4 rings (SSSR count). The maximum atomic E-state index is 5.92. The Morgan fingerprint density at radius 1 is 1.10 bits per heavy atom. The molecule has 1 aromatic carbocycles. The first-order valence-electron chi connectivity index (χ1n) is 14.8. The number of morpholine rings is 1. The largest absolute Gasteiger partial charge is 0.498 e. The highest BCUT2D eigenvalue weighted by Gasteiger charge is 2.16. The second kappa shape index (κ2) is 15.3. The van der Waals surface area contributed by atoms with E-state index in [4.69, 9.17) is 29.2 Å². The quantitative estimate of drug-likeness (QED) is 0.193. The van der Waals surface area contributed by atoms with Gasteiger partial charge in [-0.3, -0.25) is 4.98 Å². The van der Waals surface area contributed by atoms with Crippen molar-refractivity contribution in [3.8, 4) is 11.3 Å². The number of rotatable bonds is 14. The van der Waals surface area contributed by atoms with Gasteiger partial charge in [-0.2, -0.15) is 0 Å². The van der Waals surface area contributed by atoms with Gasteiger partial charge in [-0.25, -0.2) is 9.97 Å². The molecule has 0 spiro atoms. The number of benzene rings is 1. The van der Waals surface area contributed by atoms with Crippen molar-refractivity contribution >= 4 is 22.5 Å². The molecule has 0 amide bonds. The molecule has 0 unspecified atom stereocenters. The lowest BCUT2D eigenvalue weighted by Gasteiger charge is -2.28. The predicted molar refractivity (Wildman–Crippen MR) is 171 cm³/mol. The lowest BCUT2D eigenvalue weighted by Crippen LogP contribution is -2.36. The number of pyridine rings is 1. The highest BCUT2D eigenvalue weighted by molar-refractivity contribution is 5.81. The van der Waals surface area contributed by atoms with Crippen LogP contribution in [0.5, 0.6) is 0 Å². The Morgan fingerprint density at radius 2 is 1.90 bits per heavy atom. The minimum atomic E-state index is 0.367. The minimum Gasteiger partial charge on any atom is -0.498 e. The fraction of sp³-hybridized carbons (Fsp3) is 0.424. The molecule has 42 heavy (non-hydrogen) atoms. The van der Waals surface area contributed by atoms with Crippen molar-refractivity contribution < 1.29 is 14.2 Å². The molecule has 224 valence electrons. The maximum Gasteiger partial charge on any atom is 0.128 e. The Bertz CT molecular complexity index is 1380. The summed E-state index contributed by atoms with van der Waals surface area (Å²) in [4.78, 5) is 18.9. The van der Waals surface area contributed by atoms with Crippen molar-refractivity contribution in [2.75, 3.05) is 62.9 Å². The molecule has 1 N–H and O–H groups in total. The molecule has 9 nitrogen and oxygen atoms in total. The van der Waals surface area contributed by atoms with E-state index in [0.29, 0.717) is 25.0 Å². The van der Waals surface area contributed by atoms with E-state index in [1.807, 2.05) is 37.5 Å². The number of hydrogen-bond donors (Lipinski definition) is 1. The molecular weight excluding hydrogens is 528 g/mol. The zero-order valence-electron chi connectivity index (χ0n) is 25.6. The lowest BCUT2D eigenvalue weighted by molar-refractivity contribution is 0.122. The van der Waals surface area contributed by atoms with Crippen LogP contribution in [-0.2, 0) is 14.2 Å². The predicted octanol–water partition coefficient (Wildman–Crippen LogP) is 5.71. The first-order valence-corrected chi connectivity index (χ1v) is 14.8. The van der Waals surface area contributed by atoms with E-state index >= 15 is 0 Å². The van der Waals surface area contributed by atoms with E-state index in [1.54, 1.807) is 7.11 Å². The van der Waals surface area contributed by atoms with Crippen LogP contribution < -0.4 is 15.1 Å². The smallest absolute Gasteiger partial charge is 0.128 e. The summed E-state index contributed by atoms with van der Waals surface area (Å²) in [6.07, 6.45) is 8.46. The average Bonchev–Trinajstić information content (AvgIpc) is 3.02. The average molecular weight is 573 g/mol. The van der Waals surface area contributed by atoms with Gasteiger partial charge in [0.2, 0.25) is 0 Å². The molecule has 0 bridgehead atoms. The number of nitrogens with zero attached hydrogens (tertiary/aromatic N) is 5. The number of hydrogen-bond acceptors (Lipinski definition) is 9. The van der Waals surface area contributed by atoms with E-state index in [9.17, 15) is 0 Å². The Hall–Kier alpha value is -3.95. The molecule has 0 aliphatic carbocycles. The van der Waals surface area contributed by atoms with Crippen molar-refractivity contribution in [1.29, 1.82) is 0 Å². The summed E-state index contributed by atoms with van der Waals surface area (Å²) >= 11 is 0. The molecule has 1 aliphatic heterocycles. The van der Waals surface area contributed by atoms with Gasteiger partial charge in [0, 0.05) is 67.9 Å². The first-order chi connectivity index (χ1) is 20.4. The van der Waals surface area contributed by atoms with Gasteiger partial charge in [-0.1, -0.05) is 27.4 Å². The van der Waals surface area contributed by atoms with Crippen molar-refractivity contribution in [3.05, 3.63) is 78.7 Å². The van der Waals surface area contributed by atoms with E-state index < -0.39 is 0 Å². The van der Waals surface area contributed by atoms with Gasteiger partial charge in [-0.15, -0.1) is 0 Å². The minimum absolute atomic E-state index is 0.367. The summed E-state index contributed by atoms with van der Waals surface area (Å²) in [6, 6.07) is 10.6. The molecule has 3 heterocycles. The number of methoxy groups -OCH3 is 1. The lowest BCUT2D eigenvalue weighted by atomic mass is 10.1. The molecular formula is C33H44N6O3. The van der Waals surface area contributed by atoms with Crippen LogP contribution in [0.15, 0.2) is 78.7 Å². The van der Waals surface area contributed by atoms with E-state index in [2.05, 4.69) is 66.7 Å². The standard InChI is InChI=1S/C33H44N6O3/c1-7-29(42-8-2)20-28(19-25(5)40-6)39(14-13-34-24(3)4)27-10-11-30-31(21-27)37-32(23-35-30)26-9-12-33(36-22-26)38-15-17-41-18-16-38/h9-12,19-24,34H,5,7-8,13-18H2,1-4,6H3/b28-19+,29-20+. The topological polar surface area (TPSA) is 84.9 Å². The zero-order chi connectivity index (χ0) is 29.9. The number of aromatic nitrogens is 3. The molecule has 1 aliphatic rings. The molecule has 0 atom stereocenters. The summed E-state index contributed by atoms with van der Waals surface area (Å²) in [5, 5.41) is 3.54. The van der Waals surface area contributed by atoms with Crippen molar-refractivity contribution in [3.63, 3.8) is 0 Å². The molecule has 0 saturated carbocycles. The fourth-order valence-electron chi connectivity index (χ4n) is 4.71. The van der Waals surface area contributed by atoms with Gasteiger partial charge < -0.3 is 29.3 Å². The second-order valence-corrected chi connectivity index (χ2v) is 10.3. The SMILES string of the molecule is C=C(/C=C(\C=C(/CC)OCC)N(CCNC(C)C)c1ccc2ncc(-c3ccc(N4CCOCC4)nc3)nc2c1)OC. The monoisotopic (exact) mass is 572 g/mol. The molecule has 3 aromatic rings. The summed E-state index contributed by atoms with van der Waals surface area (Å²) in [7, 11) is 1.63. The van der Waals surface area contributed by atoms with Crippen LogP contribution in [0.25, 0.3) is 22.3 Å². The number of ether oxygens (including phenoxy) is 3. The zero-order valence-corrected chi connectivity index (χ0v) is 25.6. The van der Waals surface area contributed by atoms with E-state index in [-0.39, 0.29) is 0 Å². The van der Waals surface area contributed by atoms with Crippen LogP contribution in [0.4, 0.5) is 11.5 Å². The number of allylic oxidation sites excluding steroid dienone is 3. The number of anilines is 2. The normalized spacial score (nSPS) is 14.4. The van der Waals surface area contributed by atoms with Crippen LogP contribution in [0.1, 0.15) is 34.1 Å².